The van der Waals surface area contributed by atoms with E-state index in [9.17, 15) is 0 Å². The molecule has 4 nitrogen and oxygen atoms in total. The third kappa shape index (κ3) is 2.52. The van der Waals surface area contributed by atoms with Crippen LogP contribution in [-0.2, 0) is 13.6 Å². The van der Waals surface area contributed by atoms with Crippen LogP contribution in [0.2, 0.25) is 5.15 Å². The predicted octanol–water partition coefficient (Wildman–Crippen LogP) is 2.39. The molecule has 0 spiro atoms. The zero-order valence-corrected chi connectivity index (χ0v) is 9.99. The summed E-state index contributed by atoms with van der Waals surface area (Å²) in [5.74, 6) is 0. The van der Waals surface area contributed by atoms with E-state index in [1.807, 2.05) is 32.4 Å². The minimum atomic E-state index is 0.518. The van der Waals surface area contributed by atoms with E-state index in [0.29, 0.717) is 5.15 Å². The van der Waals surface area contributed by atoms with Crippen molar-refractivity contribution in [2.45, 2.75) is 13.5 Å². The molecular formula is C11H13ClN4. The molecule has 0 amide bonds. The maximum absolute atomic E-state index is 5.79. The summed E-state index contributed by atoms with van der Waals surface area (Å²) in [4.78, 5) is 4.17. The summed E-state index contributed by atoms with van der Waals surface area (Å²) in [6, 6.07) is 3.71. The third-order valence-electron chi connectivity index (χ3n) is 2.29. The van der Waals surface area contributed by atoms with Gasteiger partial charge in [0.2, 0.25) is 0 Å². The van der Waals surface area contributed by atoms with Gasteiger partial charge in [-0.25, -0.2) is 4.98 Å². The van der Waals surface area contributed by atoms with Gasteiger partial charge in [-0.2, -0.15) is 5.10 Å². The van der Waals surface area contributed by atoms with E-state index in [1.165, 1.54) is 0 Å². The SMILES string of the molecule is Cc1nc(Cl)ccc1NCc1cnn(C)c1. The lowest BCUT2D eigenvalue weighted by molar-refractivity contribution is 0.767. The first-order valence-electron chi connectivity index (χ1n) is 4.99. The maximum Gasteiger partial charge on any atom is 0.129 e. The van der Waals surface area contributed by atoms with E-state index in [2.05, 4.69) is 15.4 Å². The van der Waals surface area contributed by atoms with Gasteiger partial charge in [0.15, 0.2) is 0 Å². The number of halogens is 1. The lowest BCUT2D eigenvalue weighted by Crippen LogP contribution is -2.01. The molecule has 2 aromatic rings. The van der Waals surface area contributed by atoms with Gasteiger partial charge in [0, 0.05) is 25.4 Å². The summed E-state index contributed by atoms with van der Waals surface area (Å²) in [7, 11) is 1.90. The molecule has 84 valence electrons. The topological polar surface area (TPSA) is 42.7 Å². The van der Waals surface area contributed by atoms with Crippen molar-refractivity contribution in [2.75, 3.05) is 5.32 Å². The van der Waals surface area contributed by atoms with Crippen LogP contribution in [-0.4, -0.2) is 14.8 Å². The van der Waals surface area contributed by atoms with Gasteiger partial charge in [0.1, 0.15) is 5.15 Å². The minimum Gasteiger partial charge on any atom is -0.379 e. The summed E-state index contributed by atoms with van der Waals surface area (Å²) in [6.45, 7) is 2.66. The Morgan fingerprint density at radius 3 is 2.88 bits per heavy atom. The number of aromatic nitrogens is 3. The molecule has 0 atom stereocenters. The summed E-state index contributed by atoms with van der Waals surface area (Å²) >= 11 is 5.79. The summed E-state index contributed by atoms with van der Waals surface area (Å²) in [5, 5.41) is 7.92. The Kier molecular flexibility index (Phi) is 3.10. The lowest BCUT2D eigenvalue weighted by Gasteiger charge is -2.07. The number of anilines is 1. The van der Waals surface area contributed by atoms with Gasteiger partial charge in [0.25, 0.3) is 0 Å². The quantitative estimate of drug-likeness (QED) is 0.833. The van der Waals surface area contributed by atoms with Crippen LogP contribution in [0.25, 0.3) is 0 Å². The second-order valence-corrected chi connectivity index (χ2v) is 4.03. The van der Waals surface area contributed by atoms with E-state index in [4.69, 9.17) is 11.6 Å². The first-order chi connectivity index (χ1) is 7.65. The molecule has 2 aromatic heterocycles. The molecule has 2 rings (SSSR count). The second-order valence-electron chi connectivity index (χ2n) is 3.64. The molecular weight excluding hydrogens is 224 g/mol. The van der Waals surface area contributed by atoms with Crippen molar-refractivity contribution in [1.82, 2.24) is 14.8 Å². The Morgan fingerprint density at radius 2 is 2.25 bits per heavy atom. The zero-order valence-electron chi connectivity index (χ0n) is 9.24. The third-order valence-corrected chi connectivity index (χ3v) is 2.50. The van der Waals surface area contributed by atoms with E-state index in [-0.39, 0.29) is 0 Å². The van der Waals surface area contributed by atoms with Crippen molar-refractivity contribution in [2.24, 2.45) is 7.05 Å². The van der Waals surface area contributed by atoms with Gasteiger partial charge >= 0.3 is 0 Å². The minimum absolute atomic E-state index is 0.518. The number of nitrogens with zero attached hydrogens (tertiary/aromatic N) is 3. The van der Waals surface area contributed by atoms with Crippen LogP contribution in [0.1, 0.15) is 11.3 Å². The molecule has 0 saturated carbocycles. The Balaban J connectivity index is 2.04. The van der Waals surface area contributed by atoms with Gasteiger partial charge in [-0.3, -0.25) is 4.68 Å². The number of hydrogen-bond donors (Lipinski definition) is 1. The second kappa shape index (κ2) is 4.53. The molecule has 5 heteroatoms. The zero-order chi connectivity index (χ0) is 11.5. The van der Waals surface area contributed by atoms with Gasteiger partial charge in [-0.1, -0.05) is 11.6 Å². The highest BCUT2D eigenvalue weighted by molar-refractivity contribution is 6.29. The average Bonchev–Trinajstić information content (AvgIpc) is 2.63. The Labute approximate surface area is 99.3 Å². The van der Waals surface area contributed by atoms with Crippen LogP contribution < -0.4 is 5.32 Å². The molecule has 2 heterocycles. The van der Waals surface area contributed by atoms with Crippen LogP contribution in [0.3, 0.4) is 0 Å². The highest BCUT2D eigenvalue weighted by atomic mass is 35.5. The van der Waals surface area contributed by atoms with Crippen molar-refractivity contribution in [1.29, 1.82) is 0 Å². The standard InChI is InChI=1S/C11H13ClN4/c1-8-10(3-4-11(12)15-8)13-5-9-6-14-16(2)7-9/h3-4,6-7,13H,5H2,1-2H3. The average molecular weight is 237 g/mol. The highest BCUT2D eigenvalue weighted by Crippen LogP contribution is 2.16. The molecule has 0 radical (unpaired) electrons. The molecule has 0 unspecified atom stereocenters. The first-order valence-corrected chi connectivity index (χ1v) is 5.37. The molecule has 1 N–H and O–H groups in total. The van der Waals surface area contributed by atoms with Gasteiger partial charge in [0.05, 0.1) is 17.6 Å². The first kappa shape index (κ1) is 11.0. The molecule has 16 heavy (non-hydrogen) atoms. The number of aryl methyl sites for hydroxylation is 2. The fourth-order valence-corrected chi connectivity index (χ4v) is 1.67. The monoisotopic (exact) mass is 236 g/mol. The Morgan fingerprint density at radius 1 is 1.44 bits per heavy atom. The van der Waals surface area contributed by atoms with E-state index < -0.39 is 0 Å². The predicted molar refractivity (Wildman–Crippen MR) is 64.5 cm³/mol. The Bertz CT molecular complexity index is 492. The van der Waals surface area contributed by atoms with Gasteiger partial charge in [-0.05, 0) is 19.1 Å². The number of nitrogens with one attached hydrogen (secondary N) is 1. The number of pyridine rings is 1. The molecule has 0 aliphatic carbocycles. The van der Waals surface area contributed by atoms with E-state index >= 15 is 0 Å². The molecule has 0 bridgehead atoms. The molecule has 0 aliphatic rings. The smallest absolute Gasteiger partial charge is 0.129 e. The van der Waals surface area contributed by atoms with Gasteiger partial charge in [-0.15, -0.1) is 0 Å². The maximum atomic E-state index is 5.79. The molecule has 0 saturated heterocycles. The fraction of sp³-hybridized carbons (Fsp3) is 0.273. The van der Waals surface area contributed by atoms with Gasteiger partial charge < -0.3 is 5.32 Å². The van der Waals surface area contributed by atoms with Crippen LogP contribution in [0.4, 0.5) is 5.69 Å². The Hall–Kier alpha value is -1.55. The summed E-state index contributed by atoms with van der Waals surface area (Å²) in [6.07, 6.45) is 3.82. The largest absolute Gasteiger partial charge is 0.379 e. The molecule has 0 aromatic carbocycles. The van der Waals surface area contributed by atoms with Crippen molar-refractivity contribution in [3.63, 3.8) is 0 Å². The summed E-state index contributed by atoms with van der Waals surface area (Å²) < 4.78 is 1.78. The van der Waals surface area contributed by atoms with Crippen LogP contribution in [0, 0.1) is 6.92 Å². The van der Waals surface area contributed by atoms with Crippen molar-refractivity contribution >= 4 is 17.3 Å². The lowest BCUT2D eigenvalue weighted by atomic mass is 10.3. The van der Waals surface area contributed by atoms with Crippen LogP contribution in [0.5, 0.6) is 0 Å². The fourth-order valence-electron chi connectivity index (χ4n) is 1.48. The number of rotatable bonds is 3. The summed E-state index contributed by atoms with van der Waals surface area (Å²) in [5.41, 5.74) is 3.03. The van der Waals surface area contributed by atoms with E-state index in [0.717, 1.165) is 23.5 Å². The highest BCUT2D eigenvalue weighted by Gasteiger charge is 2.01. The van der Waals surface area contributed by atoms with Crippen molar-refractivity contribution in [3.05, 3.63) is 40.9 Å². The number of hydrogen-bond acceptors (Lipinski definition) is 3. The van der Waals surface area contributed by atoms with Crippen LogP contribution >= 0.6 is 11.6 Å². The normalized spacial score (nSPS) is 10.4. The van der Waals surface area contributed by atoms with Crippen molar-refractivity contribution in [3.8, 4) is 0 Å². The van der Waals surface area contributed by atoms with Crippen molar-refractivity contribution < 1.29 is 0 Å². The van der Waals surface area contributed by atoms with E-state index in [1.54, 1.807) is 10.7 Å². The molecule has 0 aliphatic heterocycles. The molecule has 0 fully saturated rings. The van der Waals surface area contributed by atoms with Crippen LogP contribution in [0.15, 0.2) is 24.5 Å².